The van der Waals surface area contributed by atoms with E-state index in [0.717, 1.165) is 12.8 Å². The van der Waals surface area contributed by atoms with Crippen LogP contribution < -0.4 is 10.6 Å². The van der Waals surface area contributed by atoms with Crippen molar-refractivity contribution < 1.29 is 9.53 Å². The fourth-order valence-corrected chi connectivity index (χ4v) is 2.03. The van der Waals surface area contributed by atoms with Crippen LogP contribution in [0.3, 0.4) is 0 Å². The molecule has 1 aliphatic rings. The van der Waals surface area contributed by atoms with Crippen molar-refractivity contribution in [2.45, 2.75) is 44.6 Å². The van der Waals surface area contributed by atoms with Crippen LogP contribution in [-0.4, -0.2) is 38.3 Å². The van der Waals surface area contributed by atoms with Crippen molar-refractivity contribution in [1.82, 2.24) is 10.6 Å². The highest BCUT2D eigenvalue weighted by atomic mass is 16.5. The Hall–Kier alpha value is -0.610. The fourth-order valence-electron chi connectivity index (χ4n) is 2.03. The molecule has 16 heavy (non-hydrogen) atoms. The first-order chi connectivity index (χ1) is 7.72. The van der Waals surface area contributed by atoms with Crippen molar-refractivity contribution >= 4 is 5.91 Å². The molecule has 4 nitrogen and oxygen atoms in total. The van der Waals surface area contributed by atoms with Gasteiger partial charge in [-0.25, -0.2) is 0 Å². The van der Waals surface area contributed by atoms with E-state index in [1.807, 2.05) is 0 Å². The molecular weight excluding hydrogens is 204 g/mol. The van der Waals surface area contributed by atoms with E-state index < -0.39 is 0 Å². The molecule has 1 rings (SSSR count). The minimum atomic E-state index is 0.0934. The number of nitrogens with one attached hydrogen (secondary N) is 2. The average Bonchev–Trinajstić information content (AvgIpc) is 2.24. The first-order valence-corrected chi connectivity index (χ1v) is 6.23. The van der Waals surface area contributed by atoms with Crippen LogP contribution in [-0.2, 0) is 9.53 Å². The van der Waals surface area contributed by atoms with Gasteiger partial charge >= 0.3 is 0 Å². The minimum absolute atomic E-state index is 0.0934. The van der Waals surface area contributed by atoms with Crippen molar-refractivity contribution in [2.75, 3.05) is 26.8 Å². The van der Waals surface area contributed by atoms with Gasteiger partial charge in [0.2, 0.25) is 5.91 Å². The maximum atomic E-state index is 11.5. The Labute approximate surface area is 98.1 Å². The van der Waals surface area contributed by atoms with Gasteiger partial charge in [-0.15, -0.1) is 0 Å². The molecule has 0 atom stereocenters. The highest BCUT2D eigenvalue weighted by Crippen LogP contribution is 2.34. The second-order valence-corrected chi connectivity index (χ2v) is 4.54. The molecule has 1 aliphatic carbocycles. The van der Waals surface area contributed by atoms with Gasteiger partial charge in [-0.3, -0.25) is 4.79 Å². The van der Waals surface area contributed by atoms with E-state index >= 15 is 0 Å². The largest absolute Gasteiger partial charge is 0.385 e. The van der Waals surface area contributed by atoms with Crippen LogP contribution in [0.4, 0.5) is 0 Å². The van der Waals surface area contributed by atoms with Crippen LogP contribution in [0, 0.1) is 0 Å². The molecule has 1 saturated carbocycles. The highest BCUT2D eigenvalue weighted by Gasteiger charge is 2.34. The first kappa shape index (κ1) is 13.5. The molecule has 4 heteroatoms. The molecule has 94 valence electrons. The van der Waals surface area contributed by atoms with Crippen LogP contribution in [0.2, 0.25) is 0 Å². The van der Waals surface area contributed by atoms with Crippen molar-refractivity contribution in [3.05, 3.63) is 0 Å². The lowest BCUT2D eigenvalue weighted by Gasteiger charge is -2.42. The summed E-state index contributed by atoms with van der Waals surface area (Å²) in [7, 11) is 1.67. The van der Waals surface area contributed by atoms with Crippen LogP contribution in [0.5, 0.6) is 0 Å². The molecule has 0 aliphatic heterocycles. The third kappa shape index (κ3) is 4.10. The summed E-state index contributed by atoms with van der Waals surface area (Å²) in [6.45, 7) is 4.03. The first-order valence-electron chi connectivity index (χ1n) is 6.23. The summed E-state index contributed by atoms with van der Waals surface area (Å²) < 4.78 is 4.91. The maximum Gasteiger partial charge on any atom is 0.233 e. The normalized spacial score (nSPS) is 17.9. The zero-order chi connectivity index (χ0) is 11.9. The summed E-state index contributed by atoms with van der Waals surface area (Å²) in [6.07, 6.45) is 5.70. The average molecular weight is 228 g/mol. The Bertz CT molecular complexity index is 210. The second-order valence-electron chi connectivity index (χ2n) is 4.54. The van der Waals surface area contributed by atoms with Crippen molar-refractivity contribution in [3.8, 4) is 0 Å². The molecule has 1 amide bonds. The van der Waals surface area contributed by atoms with Gasteiger partial charge in [-0.1, -0.05) is 6.92 Å². The molecule has 0 saturated heterocycles. The lowest BCUT2D eigenvalue weighted by atomic mass is 9.75. The molecule has 0 spiro atoms. The Morgan fingerprint density at radius 2 is 2.19 bits per heavy atom. The SMILES string of the molecule is CCC1(NCC(=O)NCCCOC)CCC1. The van der Waals surface area contributed by atoms with Gasteiger partial charge in [0.05, 0.1) is 6.54 Å². The number of carbonyl (C=O) groups excluding carboxylic acids is 1. The zero-order valence-electron chi connectivity index (χ0n) is 10.5. The van der Waals surface area contributed by atoms with Crippen LogP contribution >= 0.6 is 0 Å². The van der Waals surface area contributed by atoms with Crippen LogP contribution in [0.15, 0.2) is 0 Å². The summed E-state index contributed by atoms with van der Waals surface area (Å²) in [5.74, 6) is 0.0934. The van der Waals surface area contributed by atoms with Gasteiger partial charge < -0.3 is 15.4 Å². The Morgan fingerprint density at radius 1 is 1.44 bits per heavy atom. The van der Waals surface area contributed by atoms with Gasteiger partial charge in [0, 0.05) is 25.8 Å². The number of methoxy groups -OCH3 is 1. The second kappa shape index (κ2) is 6.86. The number of amides is 1. The molecule has 2 N–H and O–H groups in total. The number of hydrogen-bond acceptors (Lipinski definition) is 3. The molecule has 0 unspecified atom stereocenters. The van der Waals surface area contributed by atoms with Gasteiger partial charge in [0.25, 0.3) is 0 Å². The zero-order valence-corrected chi connectivity index (χ0v) is 10.5. The Kier molecular flexibility index (Phi) is 5.77. The molecule has 0 radical (unpaired) electrons. The van der Waals surface area contributed by atoms with E-state index in [9.17, 15) is 4.79 Å². The summed E-state index contributed by atoms with van der Waals surface area (Å²) in [4.78, 5) is 11.5. The van der Waals surface area contributed by atoms with E-state index in [2.05, 4.69) is 17.6 Å². The van der Waals surface area contributed by atoms with Crippen LogP contribution in [0.1, 0.15) is 39.0 Å². The maximum absolute atomic E-state index is 11.5. The summed E-state index contributed by atoms with van der Waals surface area (Å²) in [5.41, 5.74) is 0.254. The number of carbonyl (C=O) groups is 1. The quantitative estimate of drug-likeness (QED) is 0.611. The Balaban J connectivity index is 2.05. The van der Waals surface area contributed by atoms with Crippen molar-refractivity contribution in [1.29, 1.82) is 0 Å². The predicted molar refractivity (Wildman–Crippen MR) is 64.4 cm³/mol. The van der Waals surface area contributed by atoms with Gasteiger partial charge in [0.15, 0.2) is 0 Å². The van der Waals surface area contributed by atoms with E-state index in [-0.39, 0.29) is 11.4 Å². The van der Waals surface area contributed by atoms with E-state index in [1.165, 1.54) is 19.3 Å². The molecule has 0 aromatic carbocycles. The van der Waals surface area contributed by atoms with E-state index in [1.54, 1.807) is 7.11 Å². The van der Waals surface area contributed by atoms with Gasteiger partial charge in [-0.2, -0.15) is 0 Å². The molecule has 1 fully saturated rings. The summed E-state index contributed by atoms with van der Waals surface area (Å²) >= 11 is 0. The molecule has 0 aromatic heterocycles. The molecule has 0 heterocycles. The Morgan fingerprint density at radius 3 is 2.69 bits per heavy atom. The van der Waals surface area contributed by atoms with Crippen molar-refractivity contribution in [3.63, 3.8) is 0 Å². The summed E-state index contributed by atoms with van der Waals surface area (Å²) in [5, 5.41) is 6.26. The fraction of sp³-hybridized carbons (Fsp3) is 0.917. The van der Waals surface area contributed by atoms with Gasteiger partial charge in [-0.05, 0) is 32.1 Å². The monoisotopic (exact) mass is 228 g/mol. The number of hydrogen-bond donors (Lipinski definition) is 2. The molecule has 0 aromatic rings. The van der Waals surface area contributed by atoms with Crippen LogP contribution in [0.25, 0.3) is 0 Å². The minimum Gasteiger partial charge on any atom is -0.385 e. The number of ether oxygens (including phenoxy) is 1. The predicted octanol–water partition coefficient (Wildman–Crippen LogP) is 1.06. The third-order valence-corrected chi connectivity index (χ3v) is 3.46. The van der Waals surface area contributed by atoms with E-state index in [0.29, 0.717) is 19.7 Å². The molecular formula is C12H24N2O2. The topological polar surface area (TPSA) is 50.4 Å². The highest BCUT2D eigenvalue weighted by molar-refractivity contribution is 5.78. The summed E-state index contributed by atoms with van der Waals surface area (Å²) in [6, 6.07) is 0. The number of rotatable bonds is 8. The smallest absolute Gasteiger partial charge is 0.233 e. The third-order valence-electron chi connectivity index (χ3n) is 3.46. The lowest BCUT2D eigenvalue weighted by molar-refractivity contribution is -0.120. The molecule has 0 bridgehead atoms. The van der Waals surface area contributed by atoms with Gasteiger partial charge in [0.1, 0.15) is 0 Å². The standard InChI is InChI=1S/C12H24N2O2/c1-3-12(6-4-7-12)14-10-11(15)13-8-5-9-16-2/h14H,3-10H2,1-2H3,(H,13,15). The van der Waals surface area contributed by atoms with E-state index in [4.69, 9.17) is 4.74 Å². The lowest BCUT2D eigenvalue weighted by Crippen LogP contribution is -2.53. The van der Waals surface area contributed by atoms with Crippen molar-refractivity contribution in [2.24, 2.45) is 0 Å².